The predicted molar refractivity (Wildman–Crippen MR) is 83.5 cm³/mol. The summed E-state index contributed by atoms with van der Waals surface area (Å²) in [6.07, 6.45) is 4.01. The summed E-state index contributed by atoms with van der Waals surface area (Å²) in [5.74, 6) is 0. The highest BCUT2D eigenvalue weighted by Crippen LogP contribution is 2.31. The van der Waals surface area contributed by atoms with Crippen molar-refractivity contribution in [2.75, 3.05) is 11.6 Å². The molecule has 19 heavy (non-hydrogen) atoms. The van der Waals surface area contributed by atoms with Crippen molar-refractivity contribution in [1.29, 1.82) is 0 Å². The number of halogens is 1. The lowest BCUT2D eigenvalue weighted by Gasteiger charge is -2.23. The highest BCUT2D eigenvalue weighted by molar-refractivity contribution is 9.10. The minimum atomic E-state index is -2.98. The normalized spacial score (nSPS) is 23.6. The first-order valence-corrected chi connectivity index (χ1v) is 9.26. The SMILES string of the molecule is Cc1cc(Br)cc(C)c1NC1CCCC1S(C)(=O)=O. The van der Waals surface area contributed by atoms with Gasteiger partial charge in [0.2, 0.25) is 0 Å². The van der Waals surface area contributed by atoms with Gasteiger partial charge in [-0.2, -0.15) is 0 Å². The van der Waals surface area contributed by atoms with E-state index in [9.17, 15) is 8.42 Å². The Morgan fingerprint density at radius 2 is 1.79 bits per heavy atom. The fourth-order valence-electron chi connectivity index (χ4n) is 2.93. The van der Waals surface area contributed by atoms with Crippen LogP contribution in [0.15, 0.2) is 16.6 Å². The highest BCUT2D eigenvalue weighted by Gasteiger charge is 2.35. The number of hydrogen-bond acceptors (Lipinski definition) is 3. The van der Waals surface area contributed by atoms with Crippen LogP contribution in [0.3, 0.4) is 0 Å². The van der Waals surface area contributed by atoms with Crippen molar-refractivity contribution in [3.8, 4) is 0 Å². The molecule has 0 aromatic heterocycles. The van der Waals surface area contributed by atoms with Crippen LogP contribution in [-0.4, -0.2) is 26.0 Å². The summed E-state index contributed by atoms with van der Waals surface area (Å²) < 4.78 is 24.7. The van der Waals surface area contributed by atoms with Crippen LogP contribution in [0, 0.1) is 13.8 Å². The predicted octanol–water partition coefficient (Wildman–Crippen LogP) is 3.44. The van der Waals surface area contributed by atoms with Crippen LogP contribution < -0.4 is 5.32 Å². The molecule has 1 aromatic rings. The van der Waals surface area contributed by atoms with Crippen LogP contribution in [-0.2, 0) is 9.84 Å². The van der Waals surface area contributed by atoms with E-state index in [1.54, 1.807) is 0 Å². The molecule has 2 unspecified atom stereocenters. The van der Waals surface area contributed by atoms with Gasteiger partial charge in [-0.3, -0.25) is 0 Å². The lowest BCUT2D eigenvalue weighted by molar-refractivity contribution is 0.579. The highest BCUT2D eigenvalue weighted by atomic mass is 79.9. The Kier molecular flexibility index (Phi) is 4.26. The molecule has 1 N–H and O–H groups in total. The average Bonchev–Trinajstić information content (AvgIpc) is 2.70. The van der Waals surface area contributed by atoms with Crippen molar-refractivity contribution in [1.82, 2.24) is 0 Å². The maximum Gasteiger partial charge on any atom is 0.152 e. The molecular formula is C14H20BrNO2S. The van der Waals surface area contributed by atoms with Crippen LogP contribution in [0.2, 0.25) is 0 Å². The van der Waals surface area contributed by atoms with Gasteiger partial charge in [-0.05, 0) is 56.4 Å². The van der Waals surface area contributed by atoms with Crippen molar-refractivity contribution >= 4 is 31.5 Å². The van der Waals surface area contributed by atoms with Gasteiger partial charge in [0.05, 0.1) is 5.25 Å². The van der Waals surface area contributed by atoms with Crippen LogP contribution in [0.5, 0.6) is 0 Å². The van der Waals surface area contributed by atoms with E-state index in [2.05, 4.69) is 33.4 Å². The van der Waals surface area contributed by atoms with Gasteiger partial charge in [-0.25, -0.2) is 8.42 Å². The number of anilines is 1. The summed E-state index contributed by atoms with van der Waals surface area (Å²) in [5.41, 5.74) is 3.36. The Morgan fingerprint density at radius 3 is 2.32 bits per heavy atom. The first kappa shape index (κ1) is 14.9. The van der Waals surface area contributed by atoms with Crippen LogP contribution in [0.25, 0.3) is 0 Å². The molecule has 1 aliphatic rings. The standard InChI is InChI=1S/C14H20BrNO2S/c1-9-7-11(15)8-10(2)14(9)16-12-5-4-6-13(12)19(3,17)18/h7-8,12-13,16H,4-6H2,1-3H3. The monoisotopic (exact) mass is 345 g/mol. The average molecular weight is 346 g/mol. The summed E-state index contributed by atoms with van der Waals surface area (Å²) in [5, 5.41) is 3.21. The number of rotatable bonds is 3. The number of nitrogens with one attached hydrogen (secondary N) is 1. The molecule has 1 aromatic carbocycles. The molecule has 1 aliphatic carbocycles. The van der Waals surface area contributed by atoms with E-state index in [0.29, 0.717) is 0 Å². The Bertz CT molecular complexity index is 560. The van der Waals surface area contributed by atoms with E-state index < -0.39 is 9.84 Å². The molecule has 1 saturated carbocycles. The first-order chi connectivity index (χ1) is 8.79. The van der Waals surface area contributed by atoms with Crippen molar-refractivity contribution < 1.29 is 8.42 Å². The van der Waals surface area contributed by atoms with Gasteiger partial charge in [-0.15, -0.1) is 0 Å². The molecule has 2 rings (SSSR count). The van der Waals surface area contributed by atoms with Crippen LogP contribution >= 0.6 is 15.9 Å². The van der Waals surface area contributed by atoms with E-state index in [1.165, 1.54) is 6.26 Å². The van der Waals surface area contributed by atoms with Crippen molar-refractivity contribution in [2.24, 2.45) is 0 Å². The van der Waals surface area contributed by atoms with Crippen molar-refractivity contribution in [3.05, 3.63) is 27.7 Å². The molecule has 0 spiro atoms. The smallest absolute Gasteiger partial charge is 0.152 e. The molecule has 0 aliphatic heterocycles. The molecule has 0 amide bonds. The van der Waals surface area contributed by atoms with Gasteiger partial charge in [0.25, 0.3) is 0 Å². The Hall–Kier alpha value is -0.550. The Balaban J connectivity index is 2.27. The summed E-state index contributed by atoms with van der Waals surface area (Å²) in [4.78, 5) is 0. The summed E-state index contributed by atoms with van der Waals surface area (Å²) >= 11 is 3.48. The summed E-state index contributed by atoms with van der Waals surface area (Å²) in [7, 11) is -2.98. The lowest BCUT2D eigenvalue weighted by Crippen LogP contribution is -2.34. The van der Waals surface area contributed by atoms with Crippen molar-refractivity contribution in [3.63, 3.8) is 0 Å². The lowest BCUT2D eigenvalue weighted by atomic mass is 10.1. The zero-order valence-corrected chi connectivity index (χ0v) is 13.9. The molecule has 3 nitrogen and oxygen atoms in total. The molecule has 0 heterocycles. The maximum absolute atomic E-state index is 11.8. The van der Waals surface area contributed by atoms with E-state index in [1.807, 2.05) is 13.8 Å². The second-order valence-electron chi connectivity index (χ2n) is 5.46. The molecule has 0 radical (unpaired) electrons. The van der Waals surface area contributed by atoms with Gasteiger partial charge in [0.15, 0.2) is 9.84 Å². The topological polar surface area (TPSA) is 46.2 Å². The second-order valence-corrected chi connectivity index (χ2v) is 8.64. The fraction of sp³-hybridized carbons (Fsp3) is 0.571. The molecule has 1 fully saturated rings. The van der Waals surface area contributed by atoms with Gasteiger partial charge < -0.3 is 5.32 Å². The van der Waals surface area contributed by atoms with Gasteiger partial charge in [-0.1, -0.05) is 15.9 Å². The molecule has 5 heteroatoms. The van der Waals surface area contributed by atoms with Crippen LogP contribution in [0.4, 0.5) is 5.69 Å². The Labute approximate surface area is 123 Å². The minimum Gasteiger partial charge on any atom is -0.381 e. The van der Waals surface area contributed by atoms with Crippen LogP contribution in [0.1, 0.15) is 30.4 Å². The number of aryl methyl sites for hydroxylation is 2. The molecular weight excluding hydrogens is 326 g/mol. The summed E-state index contributed by atoms with van der Waals surface area (Å²) in [6.45, 7) is 4.09. The van der Waals surface area contributed by atoms with Gasteiger partial charge in [0.1, 0.15) is 0 Å². The molecule has 106 valence electrons. The van der Waals surface area contributed by atoms with E-state index >= 15 is 0 Å². The van der Waals surface area contributed by atoms with E-state index in [-0.39, 0.29) is 11.3 Å². The minimum absolute atomic E-state index is 0.0357. The first-order valence-electron chi connectivity index (χ1n) is 6.51. The van der Waals surface area contributed by atoms with Crippen molar-refractivity contribution in [2.45, 2.75) is 44.4 Å². The second kappa shape index (κ2) is 5.44. The van der Waals surface area contributed by atoms with E-state index in [4.69, 9.17) is 0 Å². The zero-order valence-electron chi connectivity index (χ0n) is 11.5. The zero-order chi connectivity index (χ0) is 14.2. The van der Waals surface area contributed by atoms with E-state index in [0.717, 1.165) is 40.5 Å². The third kappa shape index (κ3) is 3.31. The van der Waals surface area contributed by atoms with Gasteiger partial charge >= 0.3 is 0 Å². The third-order valence-electron chi connectivity index (χ3n) is 3.83. The number of hydrogen-bond donors (Lipinski definition) is 1. The molecule has 0 bridgehead atoms. The van der Waals surface area contributed by atoms with Gasteiger partial charge in [0, 0.05) is 22.5 Å². The quantitative estimate of drug-likeness (QED) is 0.912. The largest absolute Gasteiger partial charge is 0.381 e. The maximum atomic E-state index is 11.8. The Morgan fingerprint density at radius 1 is 1.21 bits per heavy atom. The molecule has 2 atom stereocenters. The fourth-order valence-corrected chi connectivity index (χ4v) is 5.01. The number of benzene rings is 1. The summed E-state index contributed by atoms with van der Waals surface area (Å²) in [6, 6.07) is 4.15. The molecule has 0 saturated heterocycles. The third-order valence-corrected chi connectivity index (χ3v) is 5.95. The number of sulfone groups is 1.